The van der Waals surface area contributed by atoms with Gasteiger partial charge in [0.1, 0.15) is 0 Å². The Kier molecular flexibility index (Phi) is 12.1. The molecule has 0 radical (unpaired) electrons. The molecule has 0 aromatic heterocycles. The predicted molar refractivity (Wildman–Crippen MR) is 124 cm³/mol. The minimum Gasteiger partial charge on any atom is -0.356 e. The molecule has 0 aromatic carbocycles. The highest BCUT2D eigenvalue weighted by Gasteiger charge is 2.21. The largest absolute Gasteiger partial charge is 0.356 e. The van der Waals surface area contributed by atoms with Crippen LogP contribution in [0.3, 0.4) is 0 Å². The summed E-state index contributed by atoms with van der Waals surface area (Å²) in [7, 11) is 1.89. The Balaban J connectivity index is 0.00000338. The van der Waals surface area contributed by atoms with Crippen molar-refractivity contribution in [2.24, 2.45) is 16.8 Å². The zero-order valence-corrected chi connectivity index (χ0v) is 19.8. The first kappa shape index (κ1) is 24.0. The molecule has 2 N–H and O–H groups in total. The number of hydrogen-bond donors (Lipinski definition) is 2. The first-order valence-corrected chi connectivity index (χ1v) is 10.5. The molecule has 0 aliphatic carbocycles. The van der Waals surface area contributed by atoms with Crippen molar-refractivity contribution in [2.75, 3.05) is 52.9 Å². The van der Waals surface area contributed by atoms with Crippen LogP contribution < -0.4 is 10.6 Å². The number of rotatable bonds is 7. The molecule has 0 unspecified atom stereocenters. The Morgan fingerprint density at radius 1 is 1.04 bits per heavy atom. The van der Waals surface area contributed by atoms with Crippen LogP contribution >= 0.6 is 24.0 Å². The van der Waals surface area contributed by atoms with Crippen molar-refractivity contribution in [1.82, 2.24) is 20.4 Å². The van der Waals surface area contributed by atoms with E-state index < -0.39 is 0 Å². The fourth-order valence-corrected chi connectivity index (χ4v) is 4.15. The summed E-state index contributed by atoms with van der Waals surface area (Å²) in [5.41, 5.74) is 0. The van der Waals surface area contributed by atoms with Gasteiger partial charge in [0, 0.05) is 39.3 Å². The monoisotopic (exact) mass is 479 g/mol. The highest BCUT2D eigenvalue weighted by molar-refractivity contribution is 14.0. The number of piperidine rings is 2. The number of aliphatic imine (C=N–C) groups is 1. The van der Waals surface area contributed by atoms with E-state index >= 15 is 0 Å². The molecule has 2 heterocycles. The first-order valence-electron chi connectivity index (χ1n) is 10.5. The number of guanidine groups is 1. The van der Waals surface area contributed by atoms with Gasteiger partial charge in [0.15, 0.2) is 5.96 Å². The maximum absolute atomic E-state index is 4.43. The van der Waals surface area contributed by atoms with E-state index in [9.17, 15) is 0 Å². The van der Waals surface area contributed by atoms with E-state index in [0.717, 1.165) is 24.3 Å². The third-order valence-corrected chi connectivity index (χ3v) is 5.77. The van der Waals surface area contributed by atoms with Crippen molar-refractivity contribution in [3.8, 4) is 0 Å². The minimum absolute atomic E-state index is 0. The average molecular weight is 479 g/mol. The van der Waals surface area contributed by atoms with E-state index in [1.54, 1.807) is 0 Å². The molecule has 0 spiro atoms. The van der Waals surface area contributed by atoms with Crippen molar-refractivity contribution in [3.63, 3.8) is 0 Å². The fourth-order valence-electron chi connectivity index (χ4n) is 4.15. The van der Waals surface area contributed by atoms with Crippen LogP contribution in [-0.4, -0.2) is 74.7 Å². The number of halogens is 1. The van der Waals surface area contributed by atoms with Crippen molar-refractivity contribution in [1.29, 1.82) is 0 Å². The molecule has 0 saturated carbocycles. The molecule has 154 valence electrons. The summed E-state index contributed by atoms with van der Waals surface area (Å²) in [5, 5.41) is 7.18. The molecule has 2 rings (SSSR count). The number of likely N-dealkylation sites (tertiary alicyclic amines) is 2. The van der Waals surface area contributed by atoms with Crippen LogP contribution in [0, 0.1) is 11.8 Å². The van der Waals surface area contributed by atoms with Crippen LogP contribution in [0.4, 0.5) is 0 Å². The zero-order chi connectivity index (χ0) is 18.1. The van der Waals surface area contributed by atoms with Gasteiger partial charge in [0.2, 0.25) is 0 Å². The molecular formula is C20H42IN5. The lowest BCUT2D eigenvalue weighted by Crippen LogP contribution is -2.49. The summed E-state index contributed by atoms with van der Waals surface area (Å²) >= 11 is 0. The summed E-state index contributed by atoms with van der Waals surface area (Å²) < 4.78 is 0. The van der Waals surface area contributed by atoms with Gasteiger partial charge in [0.05, 0.1) is 0 Å². The van der Waals surface area contributed by atoms with E-state index in [1.165, 1.54) is 71.4 Å². The molecule has 0 aromatic rings. The van der Waals surface area contributed by atoms with Gasteiger partial charge >= 0.3 is 0 Å². The summed E-state index contributed by atoms with van der Waals surface area (Å²) in [6.45, 7) is 15.4. The van der Waals surface area contributed by atoms with Crippen molar-refractivity contribution in [3.05, 3.63) is 0 Å². The normalized spacial score (nSPS) is 21.7. The maximum Gasteiger partial charge on any atom is 0.191 e. The first-order chi connectivity index (χ1) is 12.1. The predicted octanol–water partition coefficient (Wildman–Crippen LogP) is 3.01. The molecule has 0 atom stereocenters. The lowest BCUT2D eigenvalue weighted by atomic mass is 9.93. The second-order valence-electron chi connectivity index (χ2n) is 8.28. The molecule has 26 heavy (non-hydrogen) atoms. The zero-order valence-electron chi connectivity index (χ0n) is 17.5. The van der Waals surface area contributed by atoms with Gasteiger partial charge in [-0.15, -0.1) is 24.0 Å². The summed E-state index contributed by atoms with van der Waals surface area (Å²) in [6, 6.07) is 0.572. The lowest BCUT2D eigenvalue weighted by Gasteiger charge is -2.34. The molecular weight excluding hydrogens is 437 g/mol. The van der Waals surface area contributed by atoms with Gasteiger partial charge < -0.3 is 20.4 Å². The van der Waals surface area contributed by atoms with Gasteiger partial charge in [-0.25, -0.2) is 0 Å². The van der Waals surface area contributed by atoms with Crippen molar-refractivity contribution in [2.45, 2.75) is 58.9 Å². The van der Waals surface area contributed by atoms with Crippen LogP contribution in [0.1, 0.15) is 52.9 Å². The highest BCUT2D eigenvalue weighted by atomic mass is 127. The Morgan fingerprint density at radius 2 is 1.65 bits per heavy atom. The Bertz CT molecular complexity index is 386. The van der Waals surface area contributed by atoms with Gasteiger partial charge in [-0.2, -0.15) is 0 Å². The number of hydrogen-bond acceptors (Lipinski definition) is 3. The lowest BCUT2D eigenvalue weighted by molar-refractivity contribution is 0.185. The Labute approximate surface area is 178 Å². The quantitative estimate of drug-likeness (QED) is 0.335. The van der Waals surface area contributed by atoms with Gasteiger partial charge in [-0.05, 0) is 63.6 Å². The van der Waals surface area contributed by atoms with Gasteiger partial charge in [0.25, 0.3) is 0 Å². The summed E-state index contributed by atoms with van der Waals surface area (Å²) in [5.74, 6) is 2.64. The summed E-state index contributed by atoms with van der Waals surface area (Å²) in [6.07, 6.45) is 6.43. The van der Waals surface area contributed by atoms with E-state index in [0.29, 0.717) is 6.04 Å². The van der Waals surface area contributed by atoms with Crippen LogP contribution in [0.2, 0.25) is 0 Å². The minimum atomic E-state index is 0. The SMILES string of the molecule is CCN1CCC(CCNC(=NC)NC2CCN(CC(C)C)CC2)CC1.I. The molecule has 0 bridgehead atoms. The standard InChI is InChI=1S/C20H41N5.HI/c1-5-24-12-7-18(8-13-24)6-11-22-20(21-4)23-19-9-14-25(15-10-19)16-17(2)3;/h17-19H,5-16H2,1-4H3,(H2,21,22,23);1H. The number of nitrogens with one attached hydrogen (secondary N) is 2. The van der Waals surface area contributed by atoms with E-state index in [1.807, 2.05) is 7.05 Å². The fraction of sp³-hybridized carbons (Fsp3) is 0.950. The third kappa shape index (κ3) is 8.74. The highest BCUT2D eigenvalue weighted by Crippen LogP contribution is 2.19. The molecule has 2 saturated heterocycles. The van der Waals surface area contributed by atoms with Crippen LogP contribution in [0.25, 0.3) is 0 Å². The molecule has 2 aliphatic heterocycles. The Hall–Kier alpha value is -0.0800. The summed E-state index contributed by atoms with van der Waals surface area (Å²) in [4.78, 5) is 9.59. The van der Waals surface area contributed by atoms with E-state index in [-0.39, 0.29) is 24.0 Å². The molecule has 0 amide bonds. The Morgan fingerprint density at radius 3 is 2.19 bits per heavy atom. The molecule has 6 heteroatoms. The van der Waals surface area contributed by atoms with Crippen molar-refractivity contribution >= 4 is 29.9 Å². The second kappa shape index (κ2) is 13.2. The van der Waals surface area contributed by atoms with Crippen LogP contribution in [0.15, 0.2) is 4.99 Å². The maximum atomic E-state index is 4.43. The third-order valence-electron chi connectivity index (χ3n) is 5.77. The molecule has 2 fully saturated rings. The molecule has 2 aliphatic rings. The average Bonchev–Trinajstić information content (AvgIpc) is 2.62. The number of nitrogens with zero attached hydrogens (tertiary/aromatic N) is 3. The van der Waals surface area contributed by atoms with Crippen molar-refractivity contribution < 1.29 is 0 Å². The van der Waals surface area contributed by atoms with Gasteiger partial charge in [-0.3, -0.25) is 4.99 Å². The van der Waals surface area contributed by atoms with E-state index in [2.05, 4.69) is 46.2 Å². The van der Waals surface area contributed by atoms with Crippen LogP contribution in [0.5, 0.6) is 0 Å². The van der Waals surface area contributed by atoms with E-state index in [4.69, 9.17) is 0 Å². The van der Waals surface area contributed by atoms with Crippen LogP contribution in [-0.2, 0) is 0 Å². The smallest absolute Gasteiger partial charge is 0.191 e. The molecule has 5 nitrogen and oxygen atoms in total. The topological polar surface area (TPSA) is 42.9 Å². The second-order valence-corrected chi connectivity index (χ2v) is 8.28. The van der Waals surface area contributed by atoms with Gasteiger partial charge in [-0.1, -0.05) is 20.8 Å².